The Balaban J connectivity index is 1.42. The van der Waals surface area contributed by atoms with E-state index >= 15 is 0 Å². The van der Waals surface area contributed by atoms with Crippen LogP contribution in [-0.4, -0.2) is 40.1 Å². The highest BCUT2D eigenvalue weighted by Crippen LogP contribution is 2.38. The molecule has 0 radical (unpaired) electrons. The summed E-state index contributed by atoms with van der Waals surface area (Å²) in [6.07, 6.45) is 3.95. The molecule has 3 heterocycles. The van der Waals surface area contributed by atoms with Gasteiger partial charge in [-0.15, -0.1) is 0 Å². The SMILES string of the molecule is O=C(Cn1c(=O)cnc2ccccc21)N1CCCC1c1ccc2c(c1)OCCCO2. The largest absolute Gasteiger partial charge is 0.490 e. The van der Waals surface area contributed by atoms with Gasteiger partial charge in [-0.2, -0.15) is 0 Å². The van der Waals surface area contributed by atoms with Gasteiger partial charge in [-0.3, -0.25) is 14.2 Å². The van der Waals surface area contributed by atoms with E-state index in [1.807, 2.05) is 47.4 Å². The fourth-order valence-electron chi connectivity index (χ4n) is 4.30. The van der Waals surface area contributed by atoms with Gasteiger partial charge in [0.05, 0.1) is 36.5 Å². The first-order valence-corrected chi connectivity index (χ1v) is 10.3. The molecule has 1 unspecified atom stereocenters. The third-order valence-corrected chi connectivity index (χ3v) is 5.78. The predicted octanol–water partition coefficient (Wildman–Crippen LogP) is 2.92. The van der Waals surface area contributed by atoms with E-state index in [9.17, 15) is 9.59 Å². The molecule has 0 bridgehead atoms. The zero-order valence-corrected chi connectivity index (χ0v) is 16.6. The molecule has 1 atom stereocenters. The molecule has 0 saturated carbocycles. The van der Waals surface area contributed by atoms with Crippen LogP contribution in [0.5, 0.6) is 11.5 Å². The Morgan fingerprint density at radius 3 is 2.80 bits per heavy atom. The molecule has 1 amide bonds. The highest BCUT2D eigenvalue weighted by Gasteiger charge is 2.31. The number of carbonyl (C=O) groups is 1. The van der Waals surface area contributed by atoms with Crippen LogP contribution in [0.2, 0.25) is 0 Å². The average Bonchev–Trinajstić information content (AvgIpc) is 3.14. The van der Waals surface area contributed by atoms with E-state index in [0.29, 0.717) is 30.8 Å². The summed E-state index contributed by atoms with van der Waals surface area (Å²) in [6, 6.07) is 13.3. The van der Waals surface area contributed by atoms with Crippen molar-refractivity contribution in [3.05, 3.63) is 64.6 Å². The lowest BCUT2D eigenvalue weighted by atomic mass is 10.0. The van der Waals surface area contributed by atoms with E-state index in [1.54, 1.807) is 0 Å². The third-order valence-electron chi connectivity index (χ3n) is 5.78. The van der Waals surface area contributed by atoms with Crippen LogP contribution in [0.15, 0.2) is 53.5 Å². The number of likely N-dealkylation sites (tertiary alicyclic amines) is 1. The Morgan fingerprint density at radius 1 is 1.07 bits per heavy atom. The zero-order valence-electron chi connectivity index (χ0n) is 16.6. The Kier molecular flexibility index (Phi) is 4.86. The summed E-state index contributed by atoms with van der Waals surface area (Å²) in [5.74, 6) is 1.42. The summed E-state index contributed by atoms with van der Waals surface area (Å²) >= 11 is 0. The number of para-hydroxylation sites is 2. The van der Waals surface area contributed by atoms with Gasteiger partial charge < -0.3 is 14.4 Å². The minimum atomic E-state index is -0.270. The molecule has 3 aromatic rings. The van der Waals surface area contributed by atoms with Crippen molar-refractivity contribution < 1.29 is 14.3 Å². The van der Waals surface area contributed by atoms with Crippen LogP contribution in [0.4, 0.5) is 0 Å². The summed E-state index contributed by atoms with van der Waals surface area (Å²) in [5, 5.41) is 0. The summed E-state index contributed by atoms with van der Waals surface area (Å²) in [4.78, 5) is 31.7. The molecule has 7 nitrogen and oxygen atoms in total. The second-order valence-electron chi connectivity index (χ2n) is 7.67. The normalized spacial score (nSPS) is 18.4. The monoisotopic (exact) mass is 405 g/mol. The zero-order chi connectivity index (χ0) is 20.5. The molecule has 2 aliphatic rings. The average molecular weight is 405 g/mol. The van der Waals surface area contributed by atoms with Crippen molar-refractivity contribution in [2.45, 2.75) is 31.8 Å². The molecule has 1 fully saturated rings. The molecule has 1 saturated heterocycles. The number of ether oxygens (including phenoxy) is 2. The first kappa shape index (κ1) is 18.7. The fourth-order valence-corrected chi connectivity index (χ4v) is 4.30. The Morgan fingerprint density at radius 2 is 1.90 bits per heavy atom. The number of hydrogen-bond acceptors (Lipinski definition) is 5. The lowest BCUT2D eigenvalue weighted by Gasteiger charge is -2.26. The quantitative estimate of drug-likeness (QED) is 0.670. The van der Waals surface area contributed by atoms with Gasteiger partial charge >= 0.3 is 0 Å². The van der Waals surface area contributed by atoms with E-state index in [1.165, 1.54) is 10.8 Å². The molecule has 1 aromatic heterocycles. The van der Waals surface area contributed by atoms with Crippen LogP contribution < -0.4 is 15.0 Å². The number of hydrogen-bond donors (Lipinski definition) is 0. The number of benzene rings is 2. The van der Waals surface area contributed by atoms with Gasteiger partial charge in [-0.05, 0) is 42.7 Å². The van der Waals surface area contributed by atoms with Crippen LogP contribution in [0.25, 0.3) is 11.0 Å². The van der Waals surface area contributed by atoms with Crippen molar-refractivity contribution in [1.82, 2.24) is 14.5 Å². The Hall–Kier alpha value is -3.35. The molecule has 0 N–H and O–H groups in total. The number of nitrogens with zero attached hydrogens (tertiary/aromatic N) is 3. The van der Waals surface area contributed by atoms with Crippen molar-refractivity contribution in [1.29, 1.82) is 0 Å². The Labute approximate surface area is 173 Å². The number of carbonyl (C=O) groups excluding carboxylic acids is 1. The number of rotatable bonds is 3. The molecular weight excluding hydrogens is 382 g/mol. The molecule has 7 heteroatoms. The summed E-state index contributed by atoms with van der Waals surface area (Å²) in [6.45, 7) is 1.95. The van der Waals surface area contributed by atoms with Crippen molar-refractivity contribution in [3.8, 4) is 11.5 Å². The van der Waals surface area contributed by atoms with E-state index in [2.05, 4.69) is 4.98 Å². The second-order valence-corrected chi connectivity index (χ2v) is 7.67. The van der Waals surface area contributed by atoms with Gasteiger partial charge in [0.1, 0.15) is 6.54 Å². The van der Waals surface area contributed by atoms with Crippen molar-refractivity contribution in [2.75, 3.05) is 19.8 Å². The Bertz CT molecular complexity index is 1160. The van der Waals surface area contributed by atoms with Crippen molar-refractivity contribution in [2.24, 2.45) is 0 Å². The highest BCUT2D eigenvalue weighted by atomic mass is 16.5. The molecule has 2 aromatic carbocycles. The predicted molar refractivity (Wildman–Crippen MR) is 112 cm³/mol. The summed E-state index contributed by atoms with van der Waals surface area (Å²) in [5.41, 5.74) is 2.14. The van der Waals surface area contributed by atoms with E-state index in [4.69, 9.17) is 9.47 Å². The molecule has 154 valence electrons. The smallest absolute Gasteiger partial charge is 0.269 e. The van der Waals surface area contributed by atoms with E-state index in [0.717, 1.165) is 36.3 Å². The summed E-state index contributed by atoms with van der Waals surface area (Å²) in [7, 11) is 0. The number of aromatic nitrogens is 2. The van der Waals surface area contributed by atoms with Gasteiger partial charge in [-0.1, -0.05) is 18.2 Å². The maximum Gasteiger partial charge on any atom is 0.269 e. The van der Waals surface area contributed by atoms with Crippen LogP contribution in [0.1, 0.15) is 30.9 Å². The van der Waals surface area contributed by atoms with Crippen LogP contribution in [0.3, 0.4) is 0 Å². The lowest BCUT2D eigenvalue weighted by molar-refractivity contribution is -0.132. The third kappa shape index (κ3) is 3.40. The summed E-state index contributed by atoms with van der Waals surface area (Å²) < 4.78 is 13.1. The standard InChI is InChI=1S/C23H23N3O4/c27-22-14-24-17-5-1-2-6-19(17)26(22)15-23(28)25-10-3-7-18(25)16-8-9-20-21(13-16)30-12-4-11-29-20/h1-2,5-6,8-9,13-14,18H,3-4,7,10-12,15H2. The molecule has 0 spiro atoms. The number of amides is 1. The van der Waals surface area contributed by atoms with Gasteiger partial charge in [0, 0.05) is 13.0 Å². The van der Waals surface area contributed by atoms with Crippen LogP contribution >= 0.6 is 0 Å². The fraction of sp³-hybridized carbons (Fsp3) is 0.348. The first-order chi connectivity index (χ1) is 14.7. The first-order valence-electron chi connectivity index (χ1n) is 10.3. The second kappa shape index (κ2) is 7.82. The van der Waals surface area contributed by atoms with Gasteiger partial charge in [0.15, 0.2) is 11.5 Å². The molecule has 5 rings (SSSR count). The molecule has 2 aliphatic heterocycles. The lowest BCUT2D eigenvalue weighted by Crippen LogP contribution is -2.36. The van der Waals surface area contributed by atoms with Gasteiger partial charge in [-0.25, -0.2) is 4.98 Å². The molecule has 30 heavy (non-hydrogen) atoms. The van der Waals surface area contributed by atoms with E-state index in [-0.39, 0.29) is 24.1 Å². The highest BCUT2D eigenvalue weighted by molar-refractivity contribution is 5.80. The molecular formula is C23H23N3O4. The minimum absolute atomic E-state index is 0.00290. The minimum Gasteiger partial charge on any atom is -0.490 e. The van der Waals surface area contributed by atoms with Gasteiger partial charge in [0.25, 0.3) is 5.56 Å². The number of fused-ring (bicyclic) bond motifs is 2. The topological polar surface area (TPSA) is 73.7 Å². The van der Waals surface area contributed by atoms with E-state index < -0.39 is 0 Å². The maximum absolute atomic E-state index is 13.2. The maximum atomic E-state index is 13.2. The molecule has 0 aliphatic carbocycles. The van der Waals surface area contributed by atoms with Gasteiger partial charge in [0.2, 0.25) is 5.91 Å². The van der Waals surface area contributed by atoms with Crippen molar-refractivity contribution in [3.63, 3.8) is 0 Å². The van der Waals surface area contributed by atoms with Crippen LogP contribution in [0, 0.1) is 0 Å². The van der Waals surface area contributed by atoms with Crippen molar-refractivity contribution >= 4 is 16.9 Å². The van der Waals surface area contributed by atoms with Crippen LogP contribution in [-0.2, 0) is 11.3 Å².